The second-order valence-electron chi connectivity index (χ2n) is 4.83. The van der Waals surface area contributed by atoms with Crippen LogP contribution in [-0.2, 0) is 9.47 Å². The average molecular weight is 307 g/mol. The van der Waals surface area contributed by atoms with Crippen molar-refractivity contribution in [1.29, 1.82) is 0 Å². The van der Waals surface area contributed by atoms with Crippen LogP contribution in [0.5, 0.6) is 0 Å². The van der Waals surface area contributed by atoms with Crippen molar-refractivity contribution in [3.8, 4) is 0 Å². The number of hydrogen-bond acceptors (Lipinski definition) is 2. The van der Waals surface area contributed by atoms with Crippen molar-refractivity contribution in [2.75, 3.05) is 18.5 Å². The molecule has 17 heavy (non-hydrogen) atoms. The number of rotatable bonds is 11. The van der Waals surface area contributed by atoms with Gasteiger partial charge in [-0.3, -0.25) is 0 Å². The van der Waals surface area contributed by atoms with E-state index in [0.29, 0.717) is 0 Å². The monoisotopic (exact) mass is 306 g/mol. The smallest absolute Gasteiger partial charge is 0.157 e. The highest BCUT2D eigenvalue weighted by Crippen LogP contribution is 2.14. The summed E-state index contributed by atoms with van der Waals surface area (Å²) in [6.07, 6.45) is 13.1. The molecule has 1 rings (SSSR count). The Kier molecular flexibility index (Phi) is 10.4. The maximum atomic E-state index is 5.64. The second kappa shape index (κ2) is 11.5. The van der Waals surface area contributed by atoms with Crippen molar-refractivity contribution in [2.45, 2.75) is 70.5 Å². The van der Waals surface area contributed by atoms with E-state index in [1.165, 1.54) is 57.8 Å². The van der Waals surface area contributed by atoms with Crippen LogP contribution in [0, 0.1) is 0 Å². The summed E-state index contributed by atoms with van der Waals surface area (Å²) >= 11 is 3.46. The predicted molar refractivity (Wildman–Crippen MR) is 75.7 cm³/mol. The van der Waals surface area contributed by atoms with Crippen molar-refractivity contribution in [2.24, 2.45) is 0 Å². The number of alkyl halides is 1. The number of ether oxygens (including phenoxy) is 2. The third kappa shape index (κ3) is 9.04. The average Bonchev–Trinajstić information content (AvgIpc) is 2.85. The number of halogens is 1. The maximum absolute atomic E-state index is 5.64. The van der Waals surface area contributed by atoms with Crippen molar-refractivity contribution >= 4 is 15.9 Å². The van der Waals surface area contributed by atoms with Crippen LogP contribution >= 0.6 is 15.9 Å². The van der Waals surface area contributed by atoms with Crippen molar-refractivity contribution in [3.05, 3.63) is 0 Å². The molecule has 3 heteroatoms. The van der Waals surface area contributed by atoms with E-state index in [-0.39, 0.29) is 6.29 Å². The molecule has 1 saturated heterocycles. The topological polar surface area (TPSA) is 18.5 Å². The van der Waals surface area contributed by atoms with E-state index < -0.39 is 0 Å². The van der Waals surface area contributed by atoms with E-state index >= 15 is 0 Å². The van der Waals surface area contributed by atoms with Gasteiger partial charge in [0.15, 0.2) is 6.29 Å². The van der Waals surface area contributed by atoms with Crippen molar-refractivity contribution in [3.63, 3.8) is 0 Å². The van der Waals surface area contributed by atoms with Gasteiger partial charge in [0.05, 0.1) is 0 Å². The molecule has 0 amide bonds. The summed E-state index contributed by atoms with van der Waals surface area (Å²) in [4.78, 5) is 0. The van der Waals surface area contributed by atoms with Gasteiger partial charge in [0.2, 0.25) is 0 Å². The molecule has 102 valence electrons. The molecule has 0 bridgehead atoms. The third-order valence-corrected chi connectivity index (χ3v) is 3.78. The lowest BCUT2D eigenvalue weighted by molar-refractivity contribution is -0.111. The molecule has 0 saturated carbocycles. The molecule has 0 aliphatic carbocycles. The van der Waals surface area contributed by atoms with Crippen molar-refractivity contribution in [1.82, 2.24) is 0 Å². The van der Waals surface area contributed by atoms with E-state index in [0.717, 1.165) is 25.0 Å². The predicted octanol–water partition coefficient (Wildman–Crippen LogP) is 4.66. The van der Waals surface area contributed by atoms with Gasteiger partial charge in [-0.25, -0.2) is 0 Å². The molecule has 1 aliphatic rings. The fourth-order valence-electron chi connectivity index (χ4n) is 2.15. The molecule has 0 radical (unpaired) electrons. The van der Waals surface area contributed by atoms with E-state index in [2.05, 4.69) is 15.9 Å². The standard InChI is InChI=1S/C14H27BrO2/c15-11-7-5-3-1-2-4-6-8-12-16-14-10-9-13-17-14/h14H,1-13H2/t14-/m0/s1. The summed E-state index contributed by atoms with van der Waals surface area (Å²) in [5, 5.41) is 1.16. The van der Waals surface area contributed by atoms with Crippen LogP contribution in [0.25, 0.3) is 0 Å². The molecule has 0 aromatic rings. The fourth-order valence-corrected chi connectivity index (χ4v) is 2.55. The Morgan fingerprint density at radius 2 is 1.59 bits per heavy atom. The highest BCUT2D eigenvalue weighted by atomic mass is 79.9. The van der Waals surface area contributed by atoms with Gasteiger partial charge >= 0.3 is 0 Å². The summed E-state index contributed by atoms with van der Waals surface area (Å²) < 4.78 is 11.0. The molecular weight excluding hydrogens is 280 g/mol. The molecule has 2 nitrogen and oxygen atoms in total. The molecule has 0 aromatic heterocycles. The van der Waals surface area contributed by atoms with Gasteiger partial charge in [-0.2, -0.15) is 0 Å². The van der Waals surface area contributed by atoms with Crippen LogP contribution in [0.4, 0.5) is 0 Å². The van der Waals surface area contributed by atoms with E-state index in [1.54, 1.807) is 0 Å². The van der Waals surface area contributed by atoms with Crippen LogP contribution < -0.4 is 0 Å². The summed E-state index contributed by atoms with van der Waals surface area (Å²) in [6.45, 7) is 1.77. The highest BCUT2D eigenvalue weighted by Gasteiger charge is 2.14. The molecule has 0 unspecified atom stereocenters. The van der Waals surface area contributed by atoms with Crippen LogP contribution in [-0.4, -0.2) is 24.8 Å². The summed E-state index contributed by atoms with van der Waals surface area (Å²) in [5.41, 5.74) is 0. The summed E-state index contributed by atoms with van der Waals surface area (Å²) in [6, 6.07) is 0. The Hall–Kier alpha value is 0.400. The van der Waals surface area contributed by atoms with Gasteiger partial charge in [0.1, 0.15) is 0 Å². The van der Waals surface area contributed by atoms with Gasteiger partial charge < -0.3 is 9.47 Å². The highest BCUT2D eigenvalue weighted by molar-refractivity contribution is 9.09. The summed E-state index contributed by atoms with van der Waals surface area (Å²) in [7, 11) is 0. The number of unbranched alkanes of at least 4 members (excludes halogenated alkanes) is 7. The first-order valence-corrected chi connectivity index (χ1v) is 8.35. The molecule has 0 aromatic carbocycles. The lowest BCUT2D eigenvalue weighted by Crippen LogP contribution is -2.11. The molecule has 1 atom stereocenters. The first kappa shape index (κ1) is 15.5. The number of hydrogen-bond donors (Lipinski definition) is 0. The van der Waals surface area contributed by atoms with E-state index in [9.17, 15) is 0 Å². The molecule has 1 aliphatic heterocycles. The first-order chi connectivity index (χ1) is 8.43. The molecule has 1 heterocycles. The largest absolute Gasteiger partial charge is 0.353 e. The lowest BCUT2D eigenvalue weighted by Gasteiger charge is -2.10. The normalized spacial score (nSPS) is 19.9. The quantitative estimate of drug-likeness (QED) is 0.408. The van der Waals surface area contributed by atoms with Gasteiger partial charge in [-0.1, -0.05) is 54.5 Å². The zero-order chi connectivity index (χ0) is 12.2. The minimum Gasteiger partial charge on any atom is -0.353 e. The van der Waals surface area contributed by atoms with Crippen molar-refractivity contribution < 1.29 is 9.47 Å². The SMILES string of the molecule is BrCCCCCCCCCCO[C@@H]1CCCO1. The third-order valence-electron chi connectivity index (χ3n) is 3.22. The zero-order valence-corrected chi connectivity index (χ0v) is 12.6. The summed E-state index contributed by atoms with van der Waals surface area (Å²) in [5.74, 6) is 0. The Bertz CT molecular complexity index is 158. The van der Waals surface area contributed by atoms with E-state index in [1.807, 2.05) is 0 Å². The van der Waals surface area contributed by atoms with Gasteiger partial charge in [-0.05, 0) is 19.3 Å². The molecule has 1 fully saturated rings. The molecular formula is C14H27BrO2. The first-order valence-electron chi connectivity index (χ1n) is 7.22. The van der Waals surface area contributed by atoms with Crippen LogP contribution in [0.3, 0.4) is 0 Å². The minimum atomic E-state index is 0.110. The fraction of sp³-hybridized carbons (Fsp3) is 1.00. The Balaban J connectivity index is 1.69. The van der Waals surface area contributed by atoms with Gasteiger partial charge in [0, 0.05) is 25.0 Å². The lowest BCUT2D eigenvalue weighted by atomic mass is 10.1. The zero-order valence-electron chi connectivity index (χ0n) is 11.0. The van der Waals surface area contributed by atoms with Crippen LogP contribution in [0.1, 0.15) is 64.2 Å². The van der Waals surface area contributed by atoms with Crippen LogP contribution in [0.2, 0.25) is 0 Å². The maximum Gasteiger partial charge on any atom is 0.157 e. The Morgan fingerprint density at radius 1 is 0.941 bits per heavy atom. The Morgan fingerprint density at radius 3 is 2.18 bits per heavy atom. The van der Waals surface area contributed by atoms with Crippen LogP contribution in [0.15, 0.2) is 0 Å². The Labute approximate surface area is 115 Å². The van der Waals surface area contributed by atoms with E-state index in [4.69, 9.17) is 9.47 Å². The van der Waals surface area contributed by atoms with Gasteiger partial charge in [-0.15, -0.1) is 0 Å². The molecule has 0 N–H and O–H groups in total. The van der Waals surface area contributed by atoms with Gasteiger partial charge in [0.25, 0.3) is 0 Å². The second-order valence-corrected chi connectivity index (χ2v) is 5.62. The molecule has 0 spiro atoms. The minimum absolute atomic E-state index is 0.110.